The largest absolute Gasteiger partial charge is 0.484 e. The average molecular weight is 479 g/mol. The first-order valence-electron chi connectivity index (χ1n) is 10.9. The lowest BCUT2D eigenvalue weighted by Gasteiger charge is -2.10. The molecule has 0 aliphatic rings. The zero-order valence-corrected chi connectivity index (χ0v) is 19.2. The number of rotatable bonds is 8. The summed E-state index contributed by atoms with van der Waals surface area (Å²) in [6, 6.07) is 15.1. The predicted molar refractivity (Wildman–Crippen MR) is 126 cm³/mol. The van der Waals surface area contributed by atoms with Crippen LogP contribution in [0.25, 0.3) is 22.3 Å². The number of hydrogen-bond donors (Lipinski definition) is 0. The number of fused-ring (bicyclic) bond motifs is 1. The van der Waals surface area contributed by atoms with Crippen molar-refractivity contribution in [2.75, 3.05) is 6.61 Å². The van der Waals surface area contributed by atoms with E-state index >= 15 is 0 Å². The standard InChI is InChI=1S/C26H22FNO7/c1-4-32-26(29)24-18-13-23(33-15(2)3)20(28(30)31)14-22(18)35-25(24)16-9-11-17(12-10-16)34-21-8-6-5-7-19(21)27/h5-15H,4H2,1-3H3. The fraction of sp³-hybridized carbons (Fsp3) is 0.192. The van der Waals surface area contributed by atoms with Gasteiger partial charge in [0.2, 0.25) is 0 Å². The Balaban J connectivity index is 1.81. The van der Waals surface area contributed by atoms with E-state index in [9.17, 15) is 19.3 Å². The zero-order valence-electron chi connectivity index (χ0n) is 19.2. The summed E-state index contributed by atoms with van der Waals surface area (Å²) in [6.07, 6.45) is -0.328. The van der Waals surface area contributed by atoms with Crippen LogP contribution >= 0.6 is 0 Å². The minimum atomic E-state index is -0.641. The summed E-state index contributed by atoms with van der Waals surface area (Å²) in [5.74, 6) is -0.509. The van der Waals surface area contributed by atoms with Crippen molar-refractivity contribution < 1.29 is 32.7 Å². The summed E-state index contributed by atoms with van der Waals surface area (Å²) in [5.41, 5.74) is 0.473. The highest BCUT2D eigenvalue weighted by molar-refractivity contribution is 6.09. The molecule has 1 heterocycles. The van der Waals surface area contributed by atoms with Crippen LogP contribution in [0.1, 0.15) is 31.1 Å². The van der Waals surface area contributed by atoms with Gasteiger partial charge in [0.15, 0.2) is 17.3 Å². The van der Waals surface area contributed by atoms with Gasteiger partial charge in [-0.25, -0.2) is 9.18 Å². The molecule has 0 saturated heterocycles. The topological polar surface area (TPSA) is 101 Å². The number of halogens is 1. The molecule has 0 bridgehead atoms. The molecule has 0 unspecified atom stereocenters. The molecular formula is C26H22FNO7. The SMILES string of the molecule is CCOC(=O)c1c(-c2ccc(Oc3ccccc3F)cc2)oc2cc([N+](=O)[O-])c(OC(C)C)cc12. The van der Waals surface area contributed by atoms with Gasteiger partial charge in [0.1, 0.15) is 22.7 Å². The number of nitro groups is 1. The van der Waals surface area contributed by atoms with Crippen molar-refractivity contribution in [3.8, 4) is 28.6 Å². The number of hydrogen-bond acceptors (Lipinski definition) is 7. The van der Waals surface area contributed by atoms with E-state index in [4.69, 9.17) is 18.6 Å². The third-order valence-electron chi connectivity index (χ3n) is 4.99. The molecule has 0 spiro atoms. The molecule has 0 amide bonds. The quantitative estimate of drug-likeness (QED) is 0.154. The fourth-order valence-electron chi connectivity index (χ4n) is 3.54. The third kappa shape index (κ3) is 4.93. The van der Waals surface area contributed by atoms with Gasteiger partial charge >= 0.3 is 11.7 Å². The van der Waals surface area contributed by atoms with E-state index < -0.39 is 16.7 Å². The number of para-hydroxylation sites is 1. The van der Waals surface area contributed by atoms with E-state index in [0.717, 1.165) is 0 Å². The number of ether oxygens (including phenoxy) is 3. The van der Waals surface area contributed by atoms with Crippen molar-refractivity contribution in [3.05, 3.63) is 82.2 Å². The van der Waals surface area contributed by atoms with Gasteiger partial charge in [0.25, 0.3) is 0 Å². The molecule has 9 heteroatoms. The first-order valence-corrected chi connectivity index (χ1v) is 10.9. The number of carbonyl (C=O) groups is 1. The van der Waals surface area contributed by atoms with Gasteiger partial charge in [0.05, 0.1) is 23.7 Å². The van der Waals surface area contributed by atoms with Gasteiger partial charge in [-0.05, 0) is 63.2 Å². The van der Waals surface area contributed by atoms with Gasteiger partial charge in [-0.2, -0.15) is 0 Å². The number of nitro benzene ring substituents is 1. The maximum atomic E-state index is 13.9. The lowest BCUT2D eigenvalue weighted by molar-refractivity contribution is -0.385. The van der Waals surface area contributed by atoms with Crippen molar-refractivity contribution in [1.82, 2.24) is 0 Å². The van der Waals surface area contributed by atoms with Crippen LogP contribution in [0.2, 0.25) is 0 Å². The van der Waals surface area contributed by atoms with Crippen LogP contribution in [0.4, 0.5) is 10.1 Å². The summed E-state index contributed by atoms with van der Waals surface area (Å²) in [4.78, 5) is 23.9. The Morgan fingerprint density at radius 3 is 2.43 bits per heavy atom. The monoisotopic (exact) mass is 479 g/mol. The Morgan fingerprint density at radius 1 is 1.09 bits per heavy atom. The molecule has 0 saturated carbocycles. The Labute approximate surface area is 200 Å². The first-order chi connectivity index (χ1) is 16.8. The van der Waals surface area contributed by atoms with Crippen LogP contribution < -0.4 is 9.47 Å². The van der Waals surface area contributed by atoms with Gasteiger partial charge in [-0.15, -0.1) is 0 Å². The maximum Gasteiger partial charge on any atom is 0.342 e. The van der Waals surface area contributed by atoms with Crippen LogP contribution in [0.3, 0.4) is 0 Å². The van der Waals surface area contributed by atoms with Crippen LogP contribution in [0, 0.1) is 15.9 Å². The molecule has 1 aromatic heterocycles. The molecule has 4 rings (SSSR count). The second-order valence-electron chi connectivity index (χ2n) is 7.82. The lowest BCUT2D eigenvalue weighted by atomic mass is 10.0. The summed E-state index contributed by atoms with van der Waals surface area (Å²) in [7, 11) is 0. The second kappa shape index (κ2) is 9.84. The molecule has 0 atom stereocenters. The molecule has 0 radical (unpaired) electrons. The van der Waals surface area contributed by atoms with E-state index in [0.29, 0.717) is 16.7 Å². The Morgan fingerprint density at radius 2 is 1.80 bits per heavy atom. The molecule has 0 aliphatic heterocycles. The summed E-state index contributed by atoms with van der Waals surface area (Å²) in [6.45, 7) is 5.29. The van der Waals surface area contributed by atoms with Gasteiger partial charge in [0, 0.05) is 10.9 Å². The number of benzene rings is 3. The number of furan rings is 1. The van der Waals surface area contributed by atoms with Crippen LogP contribution in [0.5, 0.6) is 17.2 Å². The lowest BCUT2D eigenvalue weighted by Crippen LogP contribution is -2.08. The molecule has 0 fully saturated rings. The molecule has 180 valence electrons. The van der Waals surface area contributed by atoms with Crippen molar-refractivity contribution in [2.45, 2.75) is 26.9 Å². The van der Waals surface area contributed by atoms with Crippen LogP contribution in [0.15, 0.2) is 65.1 Å². The first kappa shape index (κ1) is 23.7. The maximum absolute atomic E-state index is 13.9. The number of esters is 1. The molecule has 35 heavy (non-hydrogen) atoms. The zero-order chi connectivity index (χ0) is 25.1. The minimum absolute atomic E-state index is 0.0176. The average Bonchev–Trinajstić information content (AvgIpc) is 3.18. The molecule has 0 aliphatic carbocycles. The van der Waals surface area contributed by atoms with Crippen LogP contribution in [-0.2, 0) is 4.74 Å². The highest BCUT2D eigenvalue weighted by Crippen LogP contribution is 2.41. The van der Waals surface area contributed by atoms with Gasteiger partial charge in [-0.1, -0.05) is 12.1 Å². The van der Waals surface area contributed by atoms with Gasteiger partial charge < -0.3 is 18.6 Å². The van der Waals surface area contributed by atoms with Crippen LogP contribution in [-0.4, -0.2) is 23.6 Å². The van der Waals surface area contributed by atoms with Crippen molar-refractivity contribution in [1.29, 1.82) is 0 Å². The van der Waals surface area contributed by atoms with E-state index in [1.165, 1.54) is 24.3 Å². The Bertz CT molecular complexity index is 1390. The van der Waals surface area contributed by atoms with E-state index in [1.807, 2.05) is 0 Å². The summed E-state index contributed by atoms with van der Waals surface area (Å²) < 4.78 is 36.3. The van der Waals surface area contributed by atoms with E-state index in [-0.39, 0.29) is 46.8 Å². The van der Waals surface area contributed by atoms with Gasteiger partial charge in [-0.3, -0.25) is 10.1 Å². The highest BCUT2D eigenvalue weighted by atomic mass is 19.1. The number of carbonyl (C=O) groups excluding carboxylic acids is 1. The smallest absolute Gasteiger partial charge is 0.342 e. The van der Waals surface area contributed by atoms with Crippen molar-refractivity contribution in [2.24, 2.45) is 0 Å². The normalized spacial score (nSPS) is 11.0. The molecule has 4 aromatic rings. The minimum Gasteiger partial charge on any atom is -0.484 e. The predicted octanol–water partition coefficient (Wildman–Crippen LogP) is 6.90. The molecular weight excluding hydrogens is 457 g/mol. The van der Waals surface area contributed by atoms with E-state index in [2.05, 4.69) is 0 Å². The molecule has 3 aromatic carbocycles. The van der Waals surface area contributed by atoms with Crippen molar-refractivity contribution >= 4 is 22.6 Å². The summed E-state index contributed by atoms with van der Waals surface area (Å²) in [5, 5.41) is 11.9. The fourth-order valence-corrected chi connectivity index (χ4v) is 3.54. The molecule has 8 nitrogen and oxygen atoms in total. The third-order valence-corrected chi connectivity index (χ3v) is 4.99. The van der Waals surface area contributed by atoms with E-state index in [1.54, 1.807) is 57.2 Å². The highest BCUT2D eigenvalue weighted by Gasteiger charge is 2.28. The second-order valence-corrected chi connectivity index (χ2v) is 7.82. The Hall–Kier alpha value is -4.40. The number of nitrogens with zero attached hydrogens (tertiary/aromatic N) is 1. The Kier molecular flexibility index (Phi) is 6.68. The van der Waals surface area contributed by atoms with Crippen molar-refractivity contribution in [3.63, 3.8) is 0 Å². The summed E-state index contributed by atoms with van der Waals surface area (Å²) >= 11 is 0. The molecule has 0 N–H and O–H groups in total.